The van der Waals surface area contributed by atoms with E-state index in [0.717, 1.165) is 17.1 Å². The van der Waals surface area contributed by atoms with Gasteiger partial charge >= 0.3 is 0 Å². The number of hydrogen-bond acceptors (Lipinski definition) is 4. The Balaban J connectivity index is 1.73. The molecule has 0 amide bonds. The molecule has 0 aliphatic heterocycles. The fraction of sp³-hybridized carbons (Fsp3) is 0.263. The SMILES string of the molecule is Cc1cccc(-c2nnc([C@@H](C)N(C)Cc3ccc(Cl)cc3)o2)c1. The van der Waals surface area contributed by atoms with Gasteiger partial charge in [-0.2, -0.15) is 0 Å². The van der Waals surface area contributed by atoms with E-state index in [2.05, 4.69) is 22.0 Å². The molecular formula is C19H20ClN3O. The molecule has 3 rings (SSSR count). The molecule has 1 aromatic heterocycles. The molecule has 4 nitrogen and oxygen atoms in total. The summed E-state index contributed by atoms with van der Waals surface area (Å²) in [5.74, 6) is 1.17. The van der Waals surface area contributed by atoms with Crippen molar-refractivity contribution in [3.05, 3.63) is 70.6 Å². The van der Waals surface area contributed by atoms with Crippen molar-refractivity contribution in [3.8, 4) is 11.5 Å². The van der Waals surface area contributed by atoms with Crippen LogP contribution in [0.1, 0.15) is 30.0 Å². The summed E-state index contributed by atoms with van der Waals surface area (Å²) in [5, 5.41) is 9.15. The van der Waals surface area contributed by atoms with Crippen LogP contribution in [0.25, 0.3) is 11.5 Å². The van der Waals surface area contributed by atoms with E-state index in [1.807, 2.05) is 62.5 Å². The summed E-state index contributed by atoms with van der Waals surface area (Å²) in [4.78, 5) is 2.16. The van der Waals surface area contributed by atoms with Crippen LogP contribution in [0, 0.1) is 6.92 Å². The molecule has 1 atom stereocenters. The topological polar surface area (TPSA) is 42.2 Å². The Morgan fingerprint density at radius 3 is 2.58 bits per heavy atom. The van der Waals surface area contributed by atoms with Gasteiger partial charge in [0.1, 0.15) is 0 Å². The second-order valence-electron chi connectivity index (χ2n) is 6.03. The first-order chi connectivity index (χ1) is 11.5. The second-order valence-corrected chi connectivity index (χ2v) is 6.47. The smallest absolute Gasteiger partial charge is 0.247 e. The fourth-order valence-corrected chi connectivity index (χ4v) is 2.63. The zero-order chi connectivity index (χ0) is 17.1. The minimum Gasteiger partial charge on any atom is -0.419 e. The average Bonchev–Trinajstić information content (AvgIpc) is 3.06. The van der Waals surface area contributed by atoms with E-state index in [0.29, 0.717) is 11.8 Å². The third-order valence-electron chi connectivity index (χ3n) is 4.07. The minimum atomic E-state index is 0.0201. The maximum absolute atomic E-state index is 5.93. The molecule has 0 aliphatic carbocycles. The standard InChI is InChI=1S/C19H20ClN3O/c1-13-5-4-6-16(11-13)19-22-21-18(24-19)14(2)23(3)12-15-7-9-17(20)10-8-15/h4-11,14H,12H2,1-3H3/t14-/m1/s1. The van der Waals surface area contributed by atoms with Crippen LogP contribution in [-0.4, -0.2) is 22.1 Å². The Bertz CT molecular complexity index is 813. The number of halogens is 1. The molecule has 2 aromatic carbocycles. The number of rotatable bonds is 5. The van der Waals surface area contributed by atoms with Crippen molar-refractivity contribution < 1.29 is 4.42 Å². The Morgan fingerprint density at radius 1 is 1.12 bits per heavy atom. The van der Waals surface area contributed by atoms with Crippen molar-refractivity contribution in [2.75, 3.05) is 7.05 Å². The number of hydrogen-bond donors (Lipinski definition) is 0. The first kappa shape index (κ1) is 16.7. The molecule has 0 bridgehead atoms. The highest BCUT2D eigenvalue weighted by molar-refractivity contribution is 6.30. The van der Waals surface area contributed by atoms with Crippen molar-refractivity contribution in [3.63, 3.8) is 0 Å². The molecule has 0 unspecified atom stereocenters. The van der Waals surface area contributed by atoms with Gasteiger partial charge < -0.3 is 4.42 Å². The van der Waals surface area contributed by atoms with Gasteiger partial charge in [-0.1, -0.05) is 41.4 Å². The molecule has 124 valence electrons. The number of aromatic nitrogens is 2. The van der Waals surface area contributed by atoms with Crippen molar-refractivity contribution in [1.29, 1.82) is 0 Å². The van der Waals surface area contributed by atoms with E-state index >= 15 is 0 Å². The van der Waals surface area contributed by atoms with Gasteiger partial charge in [-0.25, -0.2) is 0 Å². The number of aryl methyl sites for hydroxylation is 1. The van der Waals surface area contributed by atoms with Crippen molar-refractivity contribution in [2.45, 2.75) is 26.4 Å². The van der Waals surface area contributed by atoms with Gasteiger partial charge in [-0.15, -0.1) is 10.2 Å². The van der Waals surface area contributed by atoms with Crippen LogP contribution in [0.3, 0.4) is 0 Å². The molecule has 0 radical (unpaired) electrons. The van der Waals surface area contributed by atoms with Crippen LogP contribution in [0.4, 0.5) is 0 Å². The van der Waals surface area contributed by atoms with Crippen molar-refractivity contribution in [1.82, 2.24) is 15.1 Å². The zero-order valence-electron chi connectivity index (χ0n) is 14.0. The van der Waals surface area contributed by atoms with Crippen LogP contribution in [0.5, 0.6) is 0 Å². The molecule has 24 heavy (non-hydrogen) atoms. The lowest BCUT2D eigenvalue weighted by Gasteiger charge is -2.21. The summed E-state index contributed by atoms with van der Waals surface area (Å²) in [6.07, 6.45) is 0. The number of nitrogens with zero attached hydrogens (tertiary/aromatic N) is 3. The van der Waals surface area contributed by atoms with Gasteiger partial charge in [0.15, 0.2) is 0 Å². The lowest BCUT2D eigenvalue weighted by Crippen LogP contribution is -2.22. The van der Waals surface area contributed by atoms with E-state index in [-0.39, 0.29) is 6.04 Å². The highest BCUT2D eigenvalue weighted by Crippen LogP contribution is 2.25. The molecule has 1 heterocycles. The lowest BCUT2D eigenvalue weighted by molar-refractivity contribution is 0.218. The highest BCUT2D eigenvalue weighted by Gasteiger charge is 2.19. The Hall–Kier alpha value is -2.17. The molecule has 0 fully saturated rings. The molecule has 5 heteroatoms. The summed E-state index contributed by atoms with van der Waals surface area (Å²) in [6, 6.07) is 15.9. The second kappa shape index (κ2) is 7.16. The largest absolute Gasteiger partial charge is 0.419 e. The summed E-state index contributed by atoms with van der Waals surface area (Å²) < 4.78 is 5.88. The minimum absolute atomic E-state index is 0.0201. The monoisotopic (exact) mass is 341 g/mol. The van der Waals surface area contributed by atoms with Crippen LogP contribution in [-0.2, 0) is 6.54 Å². The molecule has 0 N–H and O–H groups in total. The van der Waals surface area contributed by atoms with E-state index < -0.39 is 0 Å². The first-order valence-corrected chi connectivity index (χ1v) is 8.26. The van der Waals surface area contributed by atoms with Crippen LogP contribution < -0.4 is 0 Å². The lowest BCUT2D eigenvalue weighted by atomic mass is 10.1. The summed E-state index contributed by atoms with van der Waals surface area (Å²) in [5.41, 5.74) is 3.30. The first-order valence-electron chi connectivity index (χ1n) is 7.88. The van der Waals surface area contributed by atoms with Gasteiger partial charge in [0.05, 0.1) is 6.04 Å². The van der Waals surface area contributed by atoms with Crippen molar-refractivity contribution in [2.24, 2.45) is 0 Å². The Labute approximate surface area is 147 Å². The van der Waals surface area contributed by atoms with E-state index in [1.165, 1.54) is 11.1 Å². The van der Waals surface area contributed by atoms with Gasteiger partial charge in [-0.05, 0) is 50.7 Å². The molecular weight excluding hydrogens is 322 g/mol. The summed E-state index contributed by atoms with van der Waals surface area (Å²) in [6.45, 7) is 4.88. The van der Waals surface area contributed by atoms with Gasteiger partial charge in [0.2, 0.25) is 11.8 Å². The molecule has 3 aromatic rings. The highest BCUT2D eigenvalue weighted by atomic mass is 35.5. The summed E-state index contributed by atoms with van der Waals surface area (Å²) >= 11 is 5.93. The van der Waals surface area contributed by atoms with Crippen LogP contribution >= 0.6 is 11.6 Å². The molecule has 0 saturated carbocycles. The van der Waals surface area contributed by atoms with Gasteiger partial charge in [-0.3, -0.25) is 4.90 Å². The fourth-order valence-electron chi connectivity index (χ4n) is 2.50. The van der Waals surface area contributed by atoms with Crippen LogP contribution in [0.2, 0.25) is 5.02 Å². The third kappa shape index (κ3) is 3.83. The predicted molar refractivity (Wildman–Crippen MR) is 95.8 cm³/mol. The van der Waals surface area contributed by atoms with E-state index in [9.17, 15) is 0 Å². The molecule has 0 saturated heterocycles. The Kier molecular flexibility index (Phi) is 4.97. The average molecular weight is 342 g/mol. The normalized spacial score (nSPS) is 12.5. The van der Waals surface area contributed by atoms with Crippen LogP contribution in [0.15, 0.2) is 52.9 Å². The summed E-state index contributed by atoms with van der Waals surface area (Å²) in [7, 11) is 2.04. The zero-order valence-corrected chi connectivity index (χ0v) is 14.8. The number of benzene rings is 2. The van der Waals surface area contributed by atoms with Crippen molar-refractivity contribution >= 4 is 11.6 Å². The van der Waals surface area contributed by atoms with E-state index in [1.54, 1.807) is 0 Å². The predicted octanol–water partition coefficient (Wildman–Crippen LogP) is 4.89. The van der Waals surface area contributed by atoms with E-state index in [4.69, 9.17) is 16.0 Å². The Morgan fingerprint density at radius 2 is 1.88 bits per heavy atom. The van der Waals surface area contributed by atoms with Gasteiger partial charge in [0.25, 0.3) is 0 Å². The molecule has 0 spiro atoms. The van der Waals surface area contributed by atoms with Gasteiger partial charge in [0, 0.05) is 17.1 Å². The maximum atomic E-state index is 5.93. The third-order valence-corrected chi connectivity index (χ3v) is 4.32. The maximum Gasteiger partial charge on any atom is 0.247 e. The molecule has 0 aliphatic rings. The quantitative estimate of drug-likeness (QED) is 0.662.